The number of hydrogen-bond donors (Lipinski definition) is 2. The largest absolute Gasteiger partial charge is 0.493 e. The van der Waals surface area contributed by atoms with E-state index in [1.807, 2.05) is 19.1 Å². The van der Waals surface area contributed by atoms with Gasteiger partial charge in [-0.3, -0.25) is 4.79 Å². The SMILES string of the molecule is COCCCOc1cccc(C(=O)Nc2cc(N)ccc2C)c1. The van der Waals surface area contributed by atoms with E-state index in [0.717, 1.165) is 12.0 Å². The zero-order valence-corrected chi connectivity index (χ0v) is 13.5. The lowest BCUT2D eigenvalue weighted by Crippen LogP contribution is -2.13. The van der Waals surface area contributed by atoms with Gasteiger partial charge in [0.05, 0.1) is 6.61 Å². The highest BCUT2D eigenvalue weighted by Crippen LogP contribution is 2.20. The second-order valence-electron chi connectivity index (χ2n) is 5.25. The number of methoxy groups -OCH3 is 1. The molecule has 5 nitrogen and oxygen atoms in total. The van der Waals surface area contributed by atoms with Crippen LogP contribution in [0.1, 0.15) is 22.3 Å². The molecule has 0 heterocycles. The fourth-order valence-electron chi connectivity index (χ4n) is 2.09. The predicted octanol–water partition coefficient (Wildman–Crippen LogP) is 3.24. The molecule has 0 saturated heterocycles. The summed E-state index contributed by atoms with van der Waals surface area (Å²) in [6, 6.07) is 12.5. The first kappa shape index (κ1) is 16.8. The number of carbonyl (C=O) groups is 1. The molecule has 5 heteroatoms. The van der Waals surface area contributed by atoms with E-state index in [1.165, 1.54) is 0 Å². The van der Waals surface area contributed by atoms with Gasteiger partial charge < -0.3 is 20.5 Å². The summed E-state index contributed by atoms with van der Waals surface area (Å²) in [6.45, 7) is 3.12. The lowest BCUT2D eigenvalue weighted by atomic mass is 10.1. The Morgan fingerprint density at radius 1 is 1.17 bits per heavy atom. The summed E-state index contributed by atoms with van der Waals surface area (Å²) >= 11 is 0. The normalized spacial score (nSPS) is 10.3. The van der Waals surface area contributed by atoms with Gasteiger partial charge in [0.15, 0.2) is 0 Å². The number of rotatable bonds is 7. The van der Waals surface area contributed by atoms with Gasteiger partial charge in [-0.25, -0.2) is 0 Å². The molecule has 0 saturated carbocycles. The standard InChI is InChI=1S/C18H22N2O3/c1-13-7-8-15(19)12-17(13)20-18(21)14-5-3-6-16(11-14)23-10-4-9-22-2/h3,5-8,11-12H,4,9-10,19H2,1-2H3,(H,20,21). The van der Waals surface area contributed by atoms with Crippen LogP contribution >= 0.6 is 0 Å². The van der Waals surface area contributed by atoms with Gasteiger partial charge in [0.1, 0.15) is 5.75 Å². The molecular weight excluding hydrogens is 292 g/mol. The number of nitrogens with two attached hydrogens (primary N) is 1. The minimum atomic E-state index is -0.193. The maximum Gasteiger partial charge on any atom is 0.255 e. The number of ether oxygens (including phenoxy) is 2. The van der Waals surface area contributed by atoms with Crippen LogP contribution in [0.2, 0.25) is 0 Å². The van der Waals surface area contributed by atoms with E-state index < -0.39 is 0 Å². The second-order valence-corrected chi connectivity index (χ2v) is 5.25. The summed E-state index contributed by atoms with van der Waals surface area (Å²) in [4.78, 5) is 12.4. The third-order valence-electron chi connectivity index (χ3n) is 3.37. The number of nitrogens with one attached hydrogen (secondary N) is 1. The maximum atomic E-state index is 12.4. The monoisotopic (exact) mass is 314 g/mol. The highest BCUT2D eigenvalue weighted by molar-refractivity contribution is 6.05. The van der Waals surface area contributed by atoms with Gasteiger partial charge in [-0.05, 0) is 42.8 Å². The number of aryl methyl sites for hydroxylation is 1. The average Bonchev–Trinajstić information content (AvgIpc) is 2.55. The Morgan fingerprint density at radius 2 is 2.00 bits per heavy atom. The van der Waals surface area contributed by atoms with E-state index in [2.05, 4.69) is 5.32 Å². The number of hydrogen-bond acceptors (Lipinski definition) is 4. The van der Waals surface area contributed by atoms with Gasteiger partial charge in [-0.1, -0.05) is 12.1 Å². The molecule has 23 heavy (non-hydrogen) atoms. The van der Waals surface area contributed by atoms with Crippen molar-refractivity contribution in [3.05, 3.63) is 53.6 Å². The van der Waals surface area contributed by atoms with Crippen LogP contribution in [0.3, 0.4) is 0 Å². The second kappa shape index (κ2) is 8.19. The molecular formula is C18H22N2O3. The summed E-state index contributed by atoms with van der Waals surface area (Å²) in [7, 11) is 1.66. The average molecular weight is 314 g/mol. The molecule has 0 spiro atoms. The minimum absolute atomic E-state index is 0.193. The lowest BCUT2D eigenvalue weighted by molar-refractivity contribution is 0.102. The Labute approximate surface area is 136 Å². The van der Waals surface area contributed by atoms with E-state index in [0.29, 0.717) is 35.9 Å². The van der Waals surface area contributed by atoms with E-state index in [9.17, 15) is 4.79 Å². The first-order valence-electron chi connectivity index (χ1n) is 7.49. The van der Waals surface area contributed by atoms with Crippen molar-refractivity contribution in [2.45, 2.75) is 13.3 Å². The van der Waals surface area contributed by atoms with Crippen LogP contribution < -0.4 is 15.8 Å². The number of benzene rings is 2. The summed E-state index contributed by atoms with van der Waals surface area (Å²) in [5.74, 6) is 0.471. The molecule has 0 aliphatic heterocycles. The van der Waals surface area contributed by atoms with Crippen molar-refractivity contribution < 1.29 is 14.3 Å². The van der Waals surface area contributed by atoms with E-state index in [-0.39, 0.29) is 5.91 Å². The van der Waals surface area contributed by atoms with Crippen LogP contribution in [-0.2, 0) is 4.74 Å². The smallest absolute Gasteiger partial charge is 0.255 e. The molecule has 3 N–H and O–H groups in total. The Hall–Kier alpha value is -2.53. The molecule has 122 valence electrons. The Balaban J connectivity index is 2.03. The first-order chi connectivity index (χ1) is 11.1. The number of amides is 1. The summed E-state index contributed by atoms with van der Waals surface area (Å²) < 4.78 is 10.6. The molecule has 0 aliphatic rings. The van der Waals surface area contributed by atoms with Crippen molar-refractivity contribution in [3.63, 3.8) is 0 Å². The van der Waals surface area contributed by atoms with Crippen LogP contribution in [0.4, 0.5) is 11.4 Å². The van der Waals surface area contributed by atoms with E-state index >= 15 is 0 Å². The molecule has 0 radical (unpaired) electrons. The topological polar surface area (TPSA) is 73.6 Å². The molecule has 0 atom stereocenters. The van der Waals surface area contributed by atoms with Crippen LogP contribution in [0.15, 0.2) is 42.5 Å². The van der Waals surface area contributed by atoms with Gasteiger partial charge in [-0.15, -0.1) is 0 Å². The van der Waals surface area contributed by atoms with Crippen LogP contribution in [-0.4, -0.2) is 26.2 Å². The fourth-order valence-corrected chi connectivity index (χ4v) is 2.09. The lowest BCUT2D eigenvalue weighted by Gasteiger charge is -2.11. The molecule has 2 aromatic rings. The molecule has 2 rings (SSSR count). The quantitative estimate of drug-likeness (QED) is 0.608. The molecule has 0 bridgehead atoms. The summed E-state index contributed by atoms with van der Waals surface area (Å²) in [5, 5.41) is 2.88. The van der Waals surface area contributed by atoms with Crippen molar-refractivity contribution >= 4 is 17.3 Å². The fraction of sp³-hybridized carbons (Fsp3) is 0.278. The molecule has 1 amide bonds. The van der Waals surface area contributed by atoms with Gasteiger partial charge in [-0.2, -0.15) is 0 Å². The highest BCUT2D eigenvalue weighted by Gasteiger charge is 2.09. The van der Waals surface area contributed by atoms with E-state index in [4.69, 9.17) is 15.2 Å². The molecule has 0 aromatic heterocycles. The number of nitrogen functional groups attached to an aromatic ring is 1. The third-order valence-corrected chi connectivity index (χ3v) is 3.37. The van der Waals surface area contributed by atoms with Crippen LogP contribution in [0.25, 0.3) is 0 Å². The minimum Gasteiger partial charge on any atom is -0.493 e. The van der Waals surface area contributed by atoms with Gasteiger partial charge in [0.2, 0.25) is 0 Å². The van der Waals surface area contributed by atoms with Crippen molar-refractivity contribution in [2.24, 2.45) is 0 Å². The molecule has 2 aromatic carbocycles. The zero-order chi connectivity index (χ0) is 16.7. The Kier molecular flexibility index (Phi) is 6.00. The van der Waals surface area contributed by atoms with Gasteiger partial charge in [0.25, 0.3) is 5.91 Å². The highest BCUT2D eigenvalue weighted by atomic mass is 16.5. The van der Waals surface area contributed by atoms with Crippen LogP contribution in [0, 0.1) is 6.92 Å². The van der Waals surface area contributed by atoms with Crippen molar-refractivity contribution in [1.82, 2.24) is 0 Å². The zero-order valence-electron chi connectivity index (χ0n) is 13.5. The Bertz CT molecular complexity index is 671. The van der Waals surface area contributed by atoms with Crippen molar-refractivity contribution in [3.8, 4) is 5.75 Å². The molecule has 0 fully saturated rings. The van der Waals surface area contributed by atoms with Crippen molar-refractivity contribution in [1.29, 1.82) is 0 Å². The Morgan fingerprint density at radius 3 is 2.78 bits per heavy atom. The van der Waals surface area contributed by atoms with Gasteiger partial charge in [0, 0.05) is 37.1 Å². The maximum absolute atomic E-state index is 12.4. The first-order valence-corrected chi connectivity index (χ1v) is 7.49. The third kappa shape index (κ3) is 5.00. The molecule has 0 aliphatic carbocycles. The van der Waals surface area contributed by atoms with Crippen LogP contribution in [0.5, 0.6) is 5.75 Å². The summed E-state index contributed by atoms with van der Waals surface area (Å²) in [5.41, 5.74) is 8.58. The predicted molar refractivity (Wildman–Crippen MR) is 92.0 cm³/mol. The van der Waals surface area contributed by atoms with E-state index in [1.54, 1.807) is 37.4 Å². The van der Waals surface area contributed by atoms with Crippen molar-refractivity contribution in [2.75, 3.05) is 31.4 Å². The molecule has 0 unspecified atom stereocenters. The number of carbonyl (C=O) groups excluding carboxylic acids is 1. The number of anilines is 2. The van der Waals surface area contributed by atoms with Gasteiger partial charge >= 0.3 is 0 Å². The summed E-state index contributed by atoms with van der Waals surface area (Å²) in [6.07, 6.45) is 0.801.